The van der Waals surface area contributed by atoms with E-state index in [4.69, 9.17) is 32.7 Å². The smallest absolute Gasteiger partial charge is 0.341 e. The molecule has 29 heavy (non-hydrogen) atoms. The van der Waals surface area contributed by atoms with E-state index >= 15 is 0 Å². The van der Waals surface area contributed by atoms with Gasteiger partial charge in [-0.25, -0.2) is 4.79 Å². The van der Waals surface area contributed by atoms with Gasteiger partial charge in [0.1, 0.15) is 20.4 Å². The van der Waals surface area contributed by atoms with Gasteiger partial charge in [-0.3, -0.25) is 0 Å². The monoisotopic (exact) mass is 556 g/mol. The number of carbonyl (C=O) groups excluding carboxylic acids is 1. The fraction of sp³-hybridized carbons (Fsp3) is 0.0500. The minimum absolute atomic E-state index is 0.0691. The van der Waals surface area contributed by atoms with Crippen LogP contribution in [0.1, 0.15) is 27.0 Å². The molecule has 2 aliphatic rings. The van der Waals surface area contributed by atoms with Gasteiger partial charge in [-0.1, -0.05) is 23.2 Å². The van der Waals surface area contributed by atoms with Crippen LogP contribution in [0.15, 0.2) is 45.3 Å². The van der Waals surface area contributed by atoms with Crippen LogP contribution in [-0.4, -0.2) is 16.2 Å². The average molecular weight is 559 g/mol. The number of phenols is 2. The van der Waals surface area contributed by atoms with E-state index in [1.54, 1.807) is 18.2 Å². The molecule has 3 aromatic rings. The average Bonchev–Trinajstić information content (AvgIpc) is 3.00. The number of ether oxygens (including phenoxy) is 2. The number of aromatic hydroxyl groups is 2. The highest BCUT2D eigenvalue weighted by Crippen LogP contribution is 2.62. The fourth-order valence-corrected chi connectivity index (χ4v) is 5.19. The largest absolute Gasteiger partial charge is 0.507 e. The summed E-state index contributed by atoms with van der Waals surface area (Å²) in [5, 5.41) is 20.8. The third kappa shape index (κ3) is 2.36. The lowest BCUT2D eigenvalue weighted by atomic mass is 9.77. The lowest BCUT2D eigenvalue weighted by Gasteiger charge is -2.37. The van der Waals surface area contributed by atoms with Crippen LogP contribution in [0.4, 0.5) is 0 Å². The van der Waals surface area contributed by atoms with Crippen LogP contribution in [0.5, 0.6) is 23.0 Å². The zero-order chi connectivity index (χ0) is 20.7. The number of rotatable bonds is 0. The first-order chi connectivity index (χ1) is 13.8. The van der Waals surface area contributed by atoms with E-state index in [-0.39, 0.29) is 47.6 Å². The SMILES string of the molecule is O=C1OC2(c3ccc(O)c(Br)c3Oc3c2ccc(O)c3Br)c2c(Cl)ccc(Cl)c21. The number of halogens is 4. The predicted molar refractivity (Wildman–Crippen MR) is 113 cm³/mol. The standard InChI is InChI=1S/C20H8Br2Cl2O5/c21-15-11(25)5-1-7-17(15)28-18-8(2-6-12(26)16(18)22)20(7)14-10(24)4-3-9(23)13(14)19(27)29-20/h1-6,25-26H. The van der Waals surface area contributed by atoms with E-state index < -0.39 is 11.6 Å². The first-order valence-electron chi connectivity index (χ1n) is 8.21. The lowest BCUT2D eigenvalue weighted by molar-refractivity contribution is 0.0223. The molecule has 9 heteroatoms. The van der Waals surface area contributed by atoms with Gasteiger partial charge in [0, 0.05) is 21.7 Å². The molecule has 5 rings (SSSR count). The molecule has 1 spiro atoms. The summed E-state index contributed by atoms with van der Waals surface area (Å²) in [5.41, 5.74) is -0.0555. The highest BCUT2D eigenvalue weighted by Gasteiger charge is 2.56. The Morgan fingerprint density at radius 3 is 1.90 bits per heavy atom. The normalized spacial score (nSPS) is 15.4. The van der Waals surface area contributed by atoms with Crippen molar-refractivity contribution in [3.63, 3.8) is 0 Å². The molecule has 0 aliphatic carbocycles. The fourth-order valence-electron chi connectivity index (χ4n) is 3.81. The van der Waals surface area contributed by atoms with Crippen LogP contribution in [0.3, 0.4) is 0 Å². The molecule has 0 unspecified atom stereocenters. The minimum Gasteiger partial charge on any atom is -0.507 e. The molecule has 2 aliphatic heterocycles. The maximum atomic E-state index is 12.9. The topological polar surface area (TPSA) is 76.0 Å². The van der Waals surface area contributed by atoms with Gasteiger partial charge < -0.3 is 19.7 Å². The number of hydrogen-bond acceptors (Lipinski definition) is 5. The van der Waals surface area contributed by atoms with E-state index in [0.29, 0.717) is 16.7 Å². The third-order valence-corrected chi connectivity index (χ3v) is 7.18. The molecule has 0 aromatic heterocycles. The Labute approximate surface area is 191 Å². The molecule has 0 atom stereocenters. The summed E-state index contributed by atoms with van der Waals surface area (Å²) >= 11 is 19.5. The second-order valence-electron chi connectivity index (χ2n) is 6.50. The highest BCUT2D eigenvalue weighted by molar-refractivity contribution is 9.11. The number of hydrogen-bond donors (Lipinski definition) is 2. The van der Waals surface area contributed by atoms with Crippen molar-refractivity contribution in [3.05, 3.63) is 77.6 Å². The summed E-state index contributed by atoms with van der Waals surface area (Å²) < 4.78 is 12.5. The van der Waals surface area contributed by atoms with Gasteiger partial charge in [0.2, 0.25) is 0 Å². The van der Waals surface area contributed by atoms with Crippen molar-refractivity contribution in [1.82, 2.24) is 0 Å². The maximum absolute atomic E-state index is 12.9. The van der Waals surface area contributed by atoms with Gasteiger partial charge in [-0.15, -0.1) is 0 Å². The van der Waals surface area contributed by atoms with Crippen LogP contribution in [-0.2, 0) is 10.3 Å². The summed E-state index contributed by atoms with van der Waals surface area (Å²) in [7, 11) is 0. The zero-order valence-corrected chi connectivity index (χ0v) is 18.8. The third-order valence-electron chi connectivity index (χ3n) is 5.02. The first kappa shape index (κ1) is 19.1. The predicted octanol–water partition coefficient (Wildman–Crippen LogP) is 6.50. The molecule has 146 valence electrons. The summed E-state index contributed by atoms with van der Waals surface area (Å²) in [4.78, 5) is 12.9. The lowest BCUT2D eigenvalue weighted by Crippen LogP contribution is -2.33. The molecule has 0 amide bonds. The Morgan fingerprint density at radius 2 is 1.34 bits per heavy atom. The molecule has 0 bridgehead atoms. The van der Waals surface area contributed by atoms with Crippen molar-refractivity contribution in [3.8, 4) is 23.0 Å². The minimum atomic E-state index is -1.48. The molecular formula is C20H8Br2Cl2O5. The van der Waals surface area contributed by atoms with Gasteiger partial charge in [-0.05, 0) is 68.3 Å². The van der Waals surface area contributed by atoms with Crippen molar-refractivity contribution >= 4 is 61.0 Å². The second-order valence-corrected chi connectivity index (χ2v) is 8.90. The van der Waals surface area contributed by atoms with Crippen molar-refractivity contribution in [2.45, 2.75) is 5.60 Å². The quantitative estimate of drug-likeness (QED) is 0.308. The Morgan fingerprint density at radius 1 is 0.828 bits per heavy atom. The van der Waals surface area contributed by atoms with Crippen LogP contribution in [0.2, 0.25) is 10.0 Å². The van der Waals surface area contributed by atoms with Crippen molar-refractivity contribution in [1.29, 1.82) is 0 Å². The van der Waals surface area contributed by atoms with Gasteiger partial charge >= 0.3 is 5.97 Å². The summed E-state index contributed by atoms with van der Waals surface area (Å²) in [6.45, 7) is 0. The molecule has 0 fully saturated rings. The van der Waals surface area contributed by atoms with Crippen LogP contribution in [0, 0.1) is 0 Å². The molecule has 0 radical (unpaired) electrons. The summed E-state index contributed by atoms with van der Waals surface area (Å²) in [6.07, 6.45) is 0. The van der Waals surface area contributed by atoms with E-state index in [2.05, 4.69) is 31.9 Å². The molecular weight excluding hydrogens is 551 g/mol. The molecule has 2 heterocycles. The first-order valence-corrected chi connectivity index (χ1v) is 10.5. The van der Waals surface area contributed by atoms with Crippen molar-refractivity contribution in [2.75, 3.05) is 0 Å². The zero-order valence-electron chi connectivity index (χ0n) is 14.1. The highest BCUT2D eigenvalue weighted by atomic mass is 79.9. The number of esters is 1. The van der Waals surface area contributed by atoms with Crippen LogP contribution in [0.25, 0.3) is 0 Å². The Kier molecular flexibility index (Phi) is 4.13. The number of phenolic OH excluding ortho intramolecular Hbond substituents is 2. The van der Waals surface area contributed by atoms with Gasteiger partial charge in [0.25, 0.3) is 0 Å². The van der Waals surface area contributed by atoms with Crippen molar-refractivity contribution in [2.24, 2.45) is 0 Å². The van der Waals surface area contributed by atoms with Gasteiger partial charge in [0.15, 0.2) is 17.1 Å². The molecule has 0 saturated carbocycles. The van der Waals surface area contributed by atoms with Crippen LogP contribution < -0.4 is 4.74 Å². The molecule has 3 aromatic carbocycles. The Bertz CT molecular complexity index is 1200. The molecule has 0 saturated heterocycles. The van der Waals surface area contributed by atoms with E-state index in [9.17, 15) is 15.0 Å². The second kappa shape index (κ2) is 6.28. The summed E-state index contributed by atoms with van der Waals surface area (Å²) in [5.74, 6) is -0.332. The Balaban J connectivity index is 2.00. The molecule has 2 N–H and O–H groups in total. The number of carbonyl (C=O) groups is 1. The number of fused-ring (bicyclic) bond motifs is 6. The number of benzene rings is 3. The van der Waals surface area contributed by atoms with Crippen molar-refractivity contribution < 1.29 is 24.5 Å². The summed E-state index contributed by atoms with van der Waals surface area (Å²) in [6, 6.07) is 9.23. The maximum Gasteiger partial charge on any atom is 0.341 e. The van der Waals surface area contributed by atoms with Gasteiger partial charge in [0.05, 0.1) is 10.6 Å². The molecule has 5 nitrogen and oxygen atoms in total. The van der Waals surface area contributed by atoms with Crippen LogP contribution >= 0.6 is 55.1 Å². The Hall–Kier alpha value is -1.93. The van der Waals surface area contributed by atoms with Gasteiger partial charge in [-0.2, -0.15) is 0 Å². The van der Waals surface area contributed by atoms with E-state index in [0.717, 1.165) is 0 Å². The van der Waals surface area contributed by atoms with E-state index in [1.165, 1.54) is 18.2 Å². The van der Waals surface area contributed by atoms with E-state index in [1.807, 2.05) is 0 Å².